The molecule has 0 fully saturated rings. The van der Waals surface area contributed by atoms with Gasteiger partial charge in [-0.2, -0.15) is 0 Å². The van der Waals surface area contributed by atoms with E-state index in [1.54, 1.807) is 6.07 Å². The van der Waals surface area contributed by atoms with Crippen molar-refractivity contribution in [3.63, 3.8) is 0 Å². The van der Waals surface area contributed by atoms with Gasteiger partial charge in [-0.15, -0.1) is 0 Å². The second-order valence-corrected chi connectivity index (χ2v) is 5.48. The highest BCUT2D eigenvalue weighted by atomic mass is 16.5. The predicted octanol–water partition coefficient (Wildman–Crippen LogP) is 3.01. The number of carboxylic acid groups (broad SMARTS) is 1. The summed E-state index contributed by atoms with van der Waals surface area (Å²) in [6.07, 6.45) is 6.58. The molecule has 0 saturated carbocycles. The van der Waals surface area contributed by atoms with Gasteiger partial charge in [-0.1, -0.05) is 11.6 Å². The predicted molar refractivity (Wildman–Crippen MR) is 83.4 cm³/mol. The van der Waals surface area contributed by atoms with Gasteiger partial charge in [-0.3, -0.25) is 4.79 Å². The number of allylic oxidation sites excluding steroid dienone is 1. The topological polar surface area (TPSA) is 75.6 Å². The summed E-state index contributed by atoms with van der Waals surface area (Å²) in [4.78, 5) is 23.5. The third-order valence-electron chi connectivity index (χ3n) is 3.88. The van der Waals surface area contributed by atoms with Gasteiger partial charge in [0.1, 0.15) is 5.75 Å². The van der Waals surface area contributed by atoms with Gasteiger partial charge >= 0.3 is 5.97 Å². The first-order valence-corrected chi connectivity index (χ1v) is 7.43. The number of carboxylic acids is 1. The van der Waals surface area contributed by atoms with E-state index in [2.05, 4.69) is 11.4 Å². The number of nitrogens with one attached hydrogen (secondary N) is 1. The SMILES string of the molecule is COc1cc(C(=O)O)cc(C(=O)NC(C)C2=CCCCC2)c1. The van der Waals surface area contributed by atoms with E-state index in [0.29, 0.717) is 11.3 Å². The van der Waals surface area contributed by atoms with E-state index >= 15 is 0 Å². The van der Waals surface area contributed by atoms with Gasteiger partial charge < -0.3 is 15.2 Å². The summed E-state index contributed by atoms with van der Waals surface area (Å²) in [5, 5.41) is 12.0. The van der Waals surface area contributed by atoms with E-state index in [1.807, 2.05) is 6.92 Å². The lowest BCUT2D eigenvalue weighted by molar-refractivity contribution is 0.0696. The molecule has 1 aliphatic carbocycles. The quantitative estimate of drug-likeness (QED) is 0.820. The number of carbonyl (C=O) groups excluding carboxylic acids is 1. The molecule has 0 heterocycles. The molecular formula is C17H21NO4. The number of hydrogen-bond donors (Lipinski definition) is 2. The van der Waals surface area contributed by atoms with Crippen LogP contribution in [0.1, 0.15) is 53.3 Å². The maximum absolute atomic E-state index is 12.4. The lowest BCUT2D eigenvalue weighted by Crippen LogP contribution is -2.34. The molecular weight excluding hydrogens is 282 g/mol. The van der Waals surface area contributed by atoms with Gasteiger partial charge in [0.15, 0.2) is 0 Å². The molecule has 1 amide bonds. The van der Waals surface area contributed by atoms with Crippen molar-refractivity contribution >= 4 is 11.9 Å². The fraction of sp³-hybridized carbons (Fsp3) is 0.412. The van der Waals surface area contributed by atoms with Gasteiger partial charge in [0.25, 0.3) is 5.91 Å². The monoisotopic (exact) mass is 303 g/mol. The summed E-state index contributed by atoms with van der Waals surface area (Å²) in [7, 11) is 1.44. The highest BCUT2D eigenvalue weighted by Gasteiger charge is 2.17. The molecule has 5 nitrogen and oxygen atoms in total. The van der Waals surface area contributed by atoms with Crippen molar-refractivity contribution in [3.05, 3.63) is 41.0 Å². The largest absolute Gasteiger partial charge is 0.497 e. The van der Waals surface area contributed by atoms with E-state index in [0.717, 1.165) is 19.3 Å². The molecule has 1 aliphatic rings. The second-order valence-electron chi connectivity index (χ2n) is 5.48. The summed E-state index contributed by atoms with van der Waals surface area (Å²) in [6, 6.07) is 4.25. The molecule has 118 valence electrons. The van der Waals surface area contributed by atoms with Crippen molar-refractivity contribution < 1.29 is 19.4 Å². The van der Waals surface area contributed by atoms with Crippen LogP contribution in [0.2, 0.25) is 0 Å². The van der Waals surface area contributed by atoms with Crippen LogP contribution in [-0.2, 0) is 0 Å². The maximum atomic E-state index is 12.4. The Labute approximate surface area is 130 Å². The average Bonchev–Trinajstić information content (AvgIpc) is 2.54. The lowest BCUT2D eigenvalue weighted by Gasteiger charge is -2.21. The number of rotatable bonds is 5. The Morgan fingerprint density at radius 3 is 2.55 bits per heavy atom. The molecule has 0 aromatic heterocycles. The summed E-state index contributed by atoms with van der Waals surface area (Å²) < 4.78 is 5.06. The first-order chi connectivity index (χ1) is 10.5. The molecule has 0 radical (unpaired) electrons. The summed E-state index contributed by atoms with van der Waals surface area (Å²) >= 11 is 0. The molecule has 1 atom stereocenters. The van der Waals surface area contributed by atoms with Gasteiger partial charge in [0, 0.05) is 11.6 Å². The number of ether oxygens (including phenoxy) is 1. The fourth-order valence-corrected chi connectivity index (χ4v) is 2.60. The Morgan fingerprint density at radius 2 is 1.95 bits per heavy atom. The van der Waals surface area contributed by atoms with E-state index in [-0.39, 0.29) is 17.5 Å². The van der Waals surface area contributed by atoms with Gasteiger partial charge in [-0.25, -0.2) is 4.79 Å². The van der Waals surface area contributed by atoms with E-state index in [4.69, 9.17) is 9.84 Å². The average molecular weight is 303 g/mol. The molecule has 0 aliphatic heterocycles. The van der Waals surface area contributed by atoms with Crippen LogP contribution in [0.3, 0.4) is 0 Å². The Hall–Kier alpha value is -2.30. The number of amides is 1. The standard InChI is InChI=1S/C17H21NO4/c1-11(12-6-4-3-5-7-12)18-16(19)13-8-14(17(20)21)10-15(9-13)22-2/h6,8-11H,3-5,7H2,1-2H3,(H,18,19)(H,20,21). The highest BCUT2D eigenvalue weighted by Crippen LogP contribution is 2.21. The molecule has 0 bridgehead atoms. The molecule has 2 rings (SSSR count). The van der Waals surface area contributed by atoms with Crippen molar-refractivity contribution in [2.24, 2.45) is 0 Å². The Morgan fingerprint density at radius 1 is 1.23 bits per heavy atom. The van der Waals surface area contributed by atoms with Crippen LogP contribution in [-0.4, -0.2) is 30.1 Å². The molecule has 22 heavy (non-hydrogen) atoms. The van der Waals surface area contributed by atoms with Crippen LogP contribution in [0.15, 0.2) is 29.8 Å². The minimum atomic E-state index is -1.09. The minimum absolute atomic E-state index is 0.0361. The third-order valence-corrected chi connectivity index (χ3v) is 3.88. The lowest BCUT2D eigenvalue weighted by atomic mass is 9.94. The number of aromatic carboxylic acids is 1. The van der Waals surface area contributed by atoms with Gasteiger partial charge in [-0.05, 0) is 50.8 Å². The number of hydrogen-bond acceptors (Lipinski definition) is 3. The minimum Gasteiger partial charge on any atom is -0.497 e. The normalized spacial score (nSPS) is 15.6. The van der Waals surface area contributed by atoms with Crippen molar-refractivity contribution in [2.75, 3.05) is 7.11 Å². The summed E-state index contributed by atoms with van der Waals surface area (Å²) in [6.45, 7) is 1.95. The Balaban J connectivity index is 2.16. The zero-order valence-corrected chi connectivity index (χ0v) is 12.9. The Bertz CT molecular complexity index is 607. The Kier molecular flexibility index (Phi) is 5.20. The van der Waals surface area contributed by atoms with Gasteiger partial charge in [0.05, 0.1) is 12.7 Å². The van der Waals surface area contributed by atoms with Crippen molar-refractivity contribution in [3.8, 4) is 5.75 Å². The molecule has 0 saturated heterocycles. The van der Waals surface area contributed by atoms with Crippen molar-refractivity contribution in [1.29, 1.82) is 0 Å². The van der Waals surface area contributed by atoms with E-state index < -0.39 is 5.97 Å². The smallest absolute Gasteiger partial charge is 0.335 e. The molecule has 1 aromatic rings. The second kappa shape index (κ2) is 7.11. The first-order valence-electron chi connectivity index (χ1n) is 7.43. The summed E-state index contributed by atoms with van der Waals surface area (Å²) in [5.74, 6) is -1.02. The van der Waals surface area contributed by atoms with Crippen LogP contribution < -0.4 is 10.1 Å². The molecule has 1 aromatic carbocycles. The van der Waals surface area contributed by atoms with E-state index in [1.165, 1.54) is 31.2 Å². The third kappa shape index (κ3) is 3.87. The van der Waals surface area contributed by atoms with Crippen molar-refractivity contribution in [1.82, 2.24) is 5.32 Å². The van der Waals surface area contributed by atoms with Crippen LogP contribution in [0.4, 0.5) is 0 Å². The van der Waals surface area contributed by atoms with E-state index in [9.17, 15) is 9.59 Å². The van der Waals surface area contributed by atoms with Crippen molar-refractivity contribution in [2.45, 2.75) is 38.6 Å². The first kappa shape index (κ1) is 16.1. The summed E-state index contributed by atoms with van der Waals surface area (Å²) in [5.41, 5.74) is 1.56. The van der Waals surface area contributed by atoms with Crippen LogP contribution >= 0.6 is 0 Å². The maximum Gasteiger partial charge on any atom is 0.335 e. The zero-order valence-electron chi connectivity index (χ0n) is 12.9. The number of methoxy groups -OCH3 is 1. The fourth-order valence-electron chi connectivity index (χ4n) is 2.60. The molecule has 0 spiro atoms. The molecule has 2 N–H and O–H groups in total. The van der Waals surface area contributed by atoms with Crippen LogP contribution in [0.25, 0.3) is 0 Å². The van der Waals surface area contributed by atoms with Gasteiger partial charge in [0.2, 0.25) is 0 Å². The molecule has 5 heteroatoms. The van der Waals surface area contributed by atoms with Crippen LogP contribution in [0, 0.1) is 0 Å². The highest BCUT2D eigenvalue weighted by molar-refractivity contribution is 5.98. The number of carbonyl (C=O) groups is 2. The van der Waals surface area contributed by atoms with Crippen LogP contribution in [0.5, 0.6) is 5.75 Å². The molecule has 1 unspecified atom stereocenters. The number of benzene rings is 1. The zero-order chi connectivity index (χ0) is 16.1.